The van der Waals surface area contributed by atoms with Crippen LogP contribution in [0.25, 0.3) is 11.5 Å². The lowest BCUT2D eigenvalue weighted by Crippen LogP contribution is -2.36. The monoisotopic (exact) mass is 415 g/mol. The van der Waals surface area contributed by atoms with E-state index in [2.05, 4.69) is 10.4 Å². The number of rotatable bonds is 7. The highest BCUT2D eigenvalue weighted by molar-refractivity contribution is 6.31. The van der Waals surface area contributed by atoms with Crippen LogP contribution in [0, 0.1) is 0 Å². The summed E-state index contributed by atoms with van der Waals surface area (Å²) in [5.41, 5.74) is 1.34. The number of halogens is 1. The Morgan fingerprint density at radius 2 is 1.86 bits per heavy atom. The zero-order chi connectivity index (χ0) is 20.8. The van der Waals surface area contributed by atoms with E-state index in [9.17, 15) is 14.4 Å². The summed E-state index contributed by atoms with van der Waals surface area (Å²) >= 11 is 6.04. The highest BCUT2D eigenvalue weighted by Crippen LogP contribution is 2.15. The summed E-state index contributed by atoms with van der Waals surface area (Å²) in [5.74, 6) is -1.98. The van der Waals surface area contributed by atoms with Gasteiger partial charge in [-0.15, -0.1) is 5.10 Å². The minimum atomic E-state index is -1.05. The standard InChI is InChI=1S/C20H18ClN3O5/c1-13(18(26)22-11-15-9-5-6-10-16(15)21)28-17(25)12-24-20(27)29-19(23-24)14-7-3-2-4-8-14/h2-10,13H,11-12H2,1H3,(H,22,26). The third kappa shape index (κ3) is 5.32. The summed E-state index contributed by atoms with van der Waals surface area (Å²) in [6.07, 6.45) is -1.05. The quantitative estimate of drug-likeness (QED) is 0.594. The van der Waals surface area contributed by atoms with Crippen LogP contribution in [-0.2, 0) is 27.4 Å². The van der Waals surface area contributed by atoms with Gasteiger partial charge in [0.05, 0.1) is 0 Å². The normalized spacial score (nSPS) is 11.7. The zero-order valence-corrected chi connectivity index (χ0v) is 16.3. The molecule has 3 rings (SSSR count). The molecule has 0 radical (unpaired) electrons. The topological polar surface area (TPSA) is 103 Å². The molecule has 0 aliphatic rings. The Morgan fingerprint density at radius 1 is 1.17 bits per heavy atom. The number of nitrogens with one attached hydrogen (secondary N) is 1. The molecule has 1 N–H and O–H groups in total. The lowest BCUT2D eigenvalue weighted by Gasteiger charge is -2.13. The smallest absolute Gasteiger partial charge is 0.437 e. The summed E-state index contributed by atoms with van der Waals surface area (Å²) in [7, 11) is 0. The Balaban J connectivity index is 1.55. The van der Waals surface area contributed by atoms with Crippen LogP contribution in [0.2, 0.25) is 5.02 Å². The van der Waals surface area contributed by atoms with Gasteiger partial charge in [0.1, 0.15) is 6.54 Å². The number of hydrogen-bond donors (Lipinski definition) is 1. The van der Waals surface area contributed by atoms with Crippen molar-refractivity contribution in [2.24, 2.45) is 0 Å². The van der Waals surface area contributed by atoms with Crippen molar-refractivity contribution in [1.82, 2.24) is 15.1 Å². The van der Waals surface area contributed by atoms with E-state index in [1.807, 2.05) is 6.07 Å². The number of amides is 1. The highest BCUT2D eigenvalue weighted by Gasteiger charge is 2.20. The molecule has 0 bridgehead atoms. The van der Waals surface area contributed by atoms with Gasteiger partial charge in [-0.2, -0.15) is 4.68 Å². The van der Waals surface area contributed by atoms with Crippen molar-refractivity contribution in [3.8, 4) is 11.5 Å². The molecule has 150 valence electrons. The van der Waals surface area contributed by atoms with Crippen molar-refractivity contribution in [3.63, 3.8) is 0 Å². The fraction of sp³-hybridized carbons (Fsp3) is 0.200. The van der Waals surface area contributed by atoms with Crippen LogP contribution in [0.4, 0.5) is 0 Å². The molecule has 0 fully saturated rings. The molecule has 1 heterocycles. The Bertz CT molecular complexity index is 1060. The summed E-state index contributed by atoms with van der Waals surface area (Å²) in [5, 5.41) is 7.15. The van der Waals surface area contributed by atoms with Gasteiger partial charge in [-0.1, -0.05) is 48.0 Å². The first-order valence-electron chi connectivity index (χ1n) is 8.78. The molecule has 3 aromatic rings. The first kappa shape index (κ1) is 20.3. The summed E-state index contributed by atoms with van der Waals surface area (Å²) in [6, 6.07) is 15.9. The number of carbonyl (C=O) groups is 2. The van der Waals surface area contributed by atoms with E-state index in [1.165, 1.54) is 6.92 Å². The molecule has 8 nitrogen and oxygen atoms in total. The van der Waals surface area contributed by atoms with Gasteiger partial charge < -0.3 is 14.5 Å². The van der Waals surface area contributed by atoms with Crippen LogP contribution in [0.3, 0.4) is 0 Å². The second-order valence-electron chi connectivity index (χ2n) is 6.14. The van der Waals surface area contributed by atoms with Gasteiger partial charge in [-0.05, 0) is 30.7 Å². The third-order valence-corrected chi connectivity index (χ3v) is 4.36. The molecule has 0 saturated carbocycles. The lowest BCUT2D eigenvalue weighted by molar-refractivity contribution is -0.155. The van der Waals surface area contributed by atoms with Crippen LogP contribution in [0.1, 0.15) is 12.5 Å². The second-order valence-corrected chi connectivity index (χ2v) is 6.55. The molecule has 0 aliphatic heterocycles. The lowest BCUT2D eigenvalue weighted by atomic mass is 10.2. The molecule has 1 unspecified atom stereocenters. The van der Waals surface area contributed by atoms with E-state index in [0.717, 1.165) is 10.2 Å². The van der Waals surface area contributed by atoms with Crippen LogP contribution >= 0.6 is 11.6 Å². The summed E-state index contributed by atoms with van der Waals surface area (Å²) in [4.78, 5) is 36.1. The largest absolute Gasteiger partial charge is 0.451 e. The Morgan fingerprint density at radius 3 is 2.59 bits per heavy atom. The number of hydrogen-bond acceptors (Lipinski definition) is 6. The van der Waals surface area contributed by atoms with Gasteiger partial charge in [0, 0.05) is 17.1 Å². The van der Waals surface area contributed by atoms with Crippen molar-refractivity contribution in [2.75, 3.05) is 0 Å². The van der Waals surface area contributed by atoms with Gasteiger partial charge in [-0.3, -0.25) is 9.59 Å². The van der Waals surface area contributed by atoms with Crippen LogP contribution < -0.4 is 11.1 Å². The molecule has 1 aromatic heterocycles. The maximum absolute atomic E-state index is 12.1. The third-order valence-electron chi connectivity index (χ3n) is 3.99. The van der Waals surface area contributed by atoms with Crippen molar-refractivity contribution >= 4 is 23.5 Å². The van der Waals surface area contributed by atoms with Gasteiger partial charge in [0.15, 0.2) is 6.10 Å². The van der Waals surface area contributed by atoms with Crippen molar-refractivity contribution in [3.05, 3.63) is 75.7 Å². The molecule has 0 aliphatic carbocycles. The van der Waals surface area contributed by atoms with Gasteiger partial charge in [0.2, 0.25) is 5.89 Å². The van der Waals surface area contributed by atoms with Crippen LogP contribution in [0.15, 0.2) is 63.8 Å². The number of aromatic nitrogens is 2. The van der Waals surface area contributed by atoms with Crippen molar-refractivity contribution in [2.45, 2.75) is 26.1 Å². The molecular formula is C20H18ClN3O5. The van der Waals surface area contributed by atoms with Crippen LogP contribution in [0.5, 0.6) is 0 Å². The predicted molar refractivity (Wildman–Crippen MR) is 105 cm³/mol. The first-order chi connectivity index (χ1) is 13.9. The molecule has 1 atom stereocenters. The number of esters is 1. The van der Waals surface area contributed by atoms with Gasteiger partial charge in [-0.25, -0.2) is 4.79 Å². The number of carbonyl (C=O) groups excluding carboxylic acids is 2. The summed E-state index contributed by atoms with van der Waals surface area (Å²) < 4.78 is 11.0. The number of benzene rings is 2. The number of ether oxygens (including phenoxy) is 1. The Hall–Kier alpha value is -3.39. The van der Waals surface area contributed by atoms with Crippen molar-refractivity contribution in [1.29, 1.82) is 0 Å². The highest BCUT2D eigenvalue weighted by atomic mass is 35.5. The maximum Gasteiger partial charge on any atom is 0.437 e. The minimum Gasteiger partial charge on any atom is -0.451 e. The molecule has 2 aromatic carbocycles. The first-order valence-corrected chi connectivity index (χ1v) is 9.16. The van der Waals surface area contributed by atoms with Gasteiger partial charge >= 0.3 is 11.7 Å². The molecule has 0 spiro atoms. The van der Waals surface area contributed by atoms with E-state index in [1.54, 1.807) is 48.5 Å². The Kier molecular flexibility index (Phi) is 6.46. The number of nitrogens with zero attached hydrogens (tertiary/aromatic N) is 2. The molecular weight excluding hydrogens is 398 g/mol. The molecule has 1 amide bonds. The van der Waals surface area contributed by atoms with E-state index < -0.39 is 30.3 Å². The Labute approximate surface area is 171 Å². The van der Waals surface area contributed by atoms with E-state index >= 15 is 0 Å². The average molecular weight is 416 g/mol. The fourth-order valence-electron chi connectivity index (χ4n) is 2.48. The fourth-order valence-corrected chi connectivity index (χ4v) is 2.68. The average Bonchev–Trinajstić information content (AvgIpc) is 3.08. The second kappa shape index (κ2) is 9.20. The minimum absolute atomic E-state index is 0.0916. The molecule has 29 heavy (non-hydrogen) atoms. The van der Waals surface area contributed by atoms with Gasteiger partial charge in [0.25, 0.3) is 5.91 Å². The summed E-state index contributed by atoms with van der Waals surface area (Å²) in [6.45, 7) is 1.15. The zero-order valence-electron chi connectivity index (χ0n) is 15.5. The predicted octanol–water partition coefficient (Wildman–Crippen LogP) is 2.40. The molecule has 0 saturated heterocycles. The maximum atomic E-state index is 12.1. The van der Waals surface area contributed by atoms with Crippen molar-refractivity contribution < 1.29 is 18.7 Å². The SMILES string of the molecule is CC(OC(=O)Cn1nc(-c2ccccc2)oc1=O)C(=O)NCc1ccccc1Cl. The molecule has 9 heteroatoms. The van der Waals surface area contributed by atoms with E-state index in [0.29, 0.717) is 10.6 Å². The van der Waals surface area contributed by atoms with E-state index in [-0.39, 0.29) is 12.4 Å². The van der Waals surface area contributed by atoms with E-state index in [4.69, 9.17) is 20.8 Å². The van der Waals surface area contributed by atoms with Crippen LogP contribution in [-0.4, -0.2) is 27.8 Å².